The molecule has 4 nitrogen and oxygen atoms in total. The van der Waals surface area contributed by atoms with Crippen molar-refractivity contribution in [2.75, 3.05) is 0 Å². The highest BCUT2D eigenvalue weighted by Crippen LogP contribution is 2.46. The van der Waals surface area contributed by atoms with Crippen LogP contribution in [-0.4, -0.2) is 15.0 Å². The second-order valence-electron chi connectivity index (χ2n) is 13.9. The Labute approximate surface area is 327 Å². The molecule has 0 spiro atoms. The van der Waals surface area contributed by atoms with Crippen LogP contribution in [0.4, 0.5) is 0 Å². The second kappa shape index (κ2) is 13.3. The van der Waals surface area contributed by atoms with Crippen molar-refractivity contribution < 1.29 is 4.42 Å². The molecule has 0 radical (unpaired) electrons. The van der Waals surface area contributed by atoms with E-state index in [1.807, 2.05) is 24.3 Å². The van der Waals surface area contributed by atoms with Gasteiger partial charge in [-0.2, -0.15) is 0 Å². The minimum absolute atomic E-state index is 0.554. The quantitative estimate of drug-likeness (QED) is 0.171. The fourth-order valence-electron chi connectivity index (χ4n) is 7.94. The van der Waals surface area contributed by atoms with Gasteiger partial charge in [-0.1, -0.05) is 158 Å². The summed E-state index contributed by atoms with van der Waals surface area (Å²) in [7, 11) is 0. The summed E-state index contributed by atoms with van der Waals surface area (Å²) in [6.45, 7) is 0. The molecule has 0 N–H and O–H groups in total. The molecule has 0 bridgehead atoms. The lowest BCUT2D eigenvalue weighted by molar-refractivity contribution is 0.670. The van der Waals surface area contributed by atoms with E-state index in [0.29, 0.717) is 17.5 Å². The Morgan fingerprint density at radius 1 is 0.321 bits per heavy atom. The molecule has 11 aromatic rings. The van der Waals surface area contributed by atoms with E-state index in [1.54, 1.807) is 11.3 Å². The Morgan fingerprint density at radius 2 is 0.875 bits per heavy atom. The van der Waals surface area contributed by atoms with Crippen LogP contribution < -0.4 is 0 Å². The second-order valence-corrected chi connectivity index (χ2v) is 15.0. The van der Waals surface area contributed by atoms with Crippen molar-refractivity contribution in [3.8, 4) is 67.5 Å². The maximum atomic E-state index is 7.18. The molecule has 0 fully saturated rings. The summed E-state index contributed by atoms with van der Waals surface area (Å²) in [5.41, 5.74) is 10.8. The maximum Gasteiger partial charge on any atom is 0.167 e. The number of nitrogens with zero attached hydrogens (tertiary/aromatic N) is 3. The molecule has 8 aromatic carbocycles. The van der Waals surface area contributed by atoms with E-state index in [4.69, 9.17) is 19.4 Å². The van der Waals surface area contributed by atoms with Gasteiger partial charge in [0.2, 0.25) is 0 Å². The number of furan rings is 1. The molecule has 262 valence electrons. The van der Waals surface area contributed by atoms with Gasteiger partial charge in [-0.05, 0) is 58.1 Å². The van der Waals surface area contributed by atoms with Crippen molar-refractivity contribution in [2.24, 2.45) is 0 Å². The Bertz CT molecular complexity index is 3230. The molecule has 0 atom stereocenters. The van der Waals surface area contributed by atoms with Gasteiger partial charge in [0.05, 0.1) is 5.56 Å². The van der Waals surface area contributed by atoms with Crippen molar-refractivity contribution in [1.29, 1.82) is 0 Å². The summed E-state index contributed by atoms with van der Waals surface area (Å²) in [6, 6.07) is 65.5. The van der Waals surface area contributed by atoms with E-state index in [1.165, 1.54) is 14.8 Å². The molecular formula is C51H31N3OS. The van der Waals surface area contributed by atoms with Crippen molar-refractivity contribution >= 4 is 53.4 Å². The van der Waals surface area contributed by atoms with Crippen LogP contribution in [-0.2, 0) is 0 Å². The van der Waals surface area contributed by atoms with Crippen molar-refractivity contribution in [2.45, 2.75) is 0 Å². The molecule has 56 heavy (non-hydrogen) atoms. The molecule has 0 aliphatic rings. The summed E-state index contributed by atoms with van der Waals surface area (Å²) in [5.74, 6) is 1.78. The van der Waals surface area contributed by atoms with E-state index in [2.05, 4.69) is 164 Å². The Morgan fingerprint density at radius 3 is 1.59 bits per heavy atom. The largest absolute Gasteiger partial charge is 0.455 e. The molecule has 11 rings (SSSR count). The number of benzene rings is 8. The van der Waals surface area contributed by atoms with Crippen molar-refractivity contribution in [1.82, 2.24) is 15.0 Å². The van der Waals surface area contributed by atoms with E-state index in [0.717, 1.165) is 77.4 Å². The smallest absolute Gasteiger partial charge is 0.167 e. The number of aromatic nitrogens is 3. The molecule has 0 aliphatic carbocycles. The average Bonchev–Trinajstić information content (AvgIpc) is 3.86. The summed E-state index contributed by atoms with van der Waals surface area (Å²) in [5, 5.41) is 4.40. The monoisotopic (exact) mass is 733 g/mol. The minimum atomic E-state index is 0.554. The first-order valence-electron chi connectivity index (χ1n) is 18.7. The SMILES string of the molecule is c1ccc(-c2cc(-c3ccccc3)c3oc4c(-c5nc(-c6ccccc6)nc(-c6cccc7sc8ccccc8c67)n5)ccc(-c5ccccc5)c4c3c2)cc1. The van der Waals surface area contributed by atoms with Gasteiger partial charge in [0.15, 0.2) is 17.5 Å². The van der Waals surface area contributed by atoms with Crippen LogP contribution in [0.15, 0.2) is 192 Å². The first-order chi connectivity index (χ1) is 27.8. The van der Waals surface area contributed by atoms with Crippen LogP contribution >= 0.6 is 11.3 Å². The summed E-state index contributed by atoms with van der Waals surface area (Å²) >= 11 is 1.79. The topological polar surface area (TPSA) is 51.8 Å². The zero-order valence-electron chi connectivity index (χ0n) is 30.1. The van der Waals surface area contributed by atoms with Crippen molar-refractivity contribution in [3.63, 3.8) is 0 Å². The summed E-state index contributed by atoms with van der Waals surface area (Å²) < 4.78 is 9.61. The number of hydrogen-bond donors (Lipinski definition) is 0. The maximum absolute atomic E-state index is 7.18. The van der Waals surface area contributed by atoms with Gasteiger partial charge in [-0.15, -0.1) is 11.3 Å². The molecule has 0 saturated carbocycles. The number of hydrogen-bond acceptors (Lipinski definition) is 5. The highest BCUT2D eigenvalue weighted by Gasteiger charge is 2.24. The van der Waals surface area contributed by atoms with Crippen LogP contribution in [0.25, 0.3) is 110 Å². The van der Waals surface area contributed by atoms with Gasteiger partial charge < -0.3 is 4.42 Å². The molecule has 0 saturated heterocycles. The molecule has 0 unspecified atom stereocenters. The van der Waals surface area contributed by atoms with Gasteiger partial charge in [-0.25, -0.2) is 15.0 Å². The van der Waals surface area contributed by atoms with Crippen LogP contribution in [0.3, 0.4) is 0 Å². The van der Waals surface area contributed by atoms with Crippen LogP contribution in [0.2, 0.25) is 0 Å². The first-order valence-corrected chi connectivity index (χ1v) is 19.5. The predicted octanol–water partition coefficient (Wildman–Crippen LogP) is 14.1. The van der Waals surface area contributed by atoms with E-state index in [9.17, 15) is 0 Å². The lowest BCUT2D eigenvalue weighted by Gasteiger charge is -2.11. The fraction of sp³-hybridized carbons (Fsp3) is 0. The van der Waals surface area contributed by atoms with Crippen molar-refractivity contribution in [3.05, 3.63) is 188 Å². The normalized spacial score (nSPS) is 11.6. The van der Waals surface area contributed by atoms with Gasteiger partial charge in [-0.3, -0.25) is 0 Å². The Kier molecular flexibility index (Phi) is 7.64. The highest BCUT2D eigenvalue weighted by atomic mass is 32.1. The third kappa shape index (κ3) is 5.40. The van der Waals surface area contributed by atoms with Gasteiger partial charge in [0, 0.05) is 47.6 Å². The average molecular weight is 734 g/mol. The fourth-order valence-corrected chi connectivity index (χ4v) is 9.07. The standard InChI is InChI=1S/C51H31N3OS/c1-5-16-32(17-6-1)36-30-41(34-20-9-3-10-21-34)47-42(31-36)46-37(33-18-7-2-8-19-33)28-29-40(48(46)55-47)51-53-49(35-22-11-4-12-23-35)52-50(54-51)39-25-15-27-44-45(39)38-24-13-14-26-43(38)56-44/h1-31H. The number of rotatable bonds is 6. The van der Waals surface area contributed by atoms with Gasteiger partial charge >= 0.3 is 0 Å². The summed E-state index contributed by atoms with van der Waals surface area (Å²) in [6.07, 6.45) is 0. The van der Waals surface area contributed by atoms with Crippen LogP contribution in [0.1, 0.15) is 0 Å². The van der Waals surface area contributed by atoms with Crippen LogP contribution in [0, 0.1) is 0 Å². The van der Waals surface area contributed by atoms with E-state index >= 15 is 0 Å². The third-order valence-electron chi connectivity index (χ3n) is 10.5. The zero-order chi connectivity index (χ0) is 37.0. The molecular weight excluding hydrogens is 703 g/mol. The molecule has 0 aliphatic heterocycles. The van der Waals surface area contributed by atoms with E-state index < -0.39 is 0 Å². The van der Waals surface area contributed by atoms with Crippen LogP contribution in [0.5, 0.6) is 0 Å². The third-order valence-corrected chi connectivity index (χ3v) is 11.7. The molecule has 3 heterocycles. The minimum Gasteiger partial charge on any atom is -0.455 e. The molecule has 5 heteroatoms. The first kappa shape index (κ1) is 32.2. The Balaban J connectivity index is 1.24. The lowest BCUT2D eigenvalue weighted by atomic mass is 9.92. The molecule has 0 amide bonds. The molecule has 3 aromatic heterocycles. The number of thiophene rings is 1. The zero-order valence-corrected chi connectivity index (χ0v) is 30.9. The van der Waals surface area contributed by atoms with E-state index in [-0.39, 0.29) is 0 Å². The predicted molar refractivity (Wildman–Crippen MR) is 233 cm³/mol. The van der Waals surface area contributed by atoms with Gasteiger partial charge in [0.25, 0.3) is 0 Å². The Hall–Kier alpha value is -7.21. The highest BCUT2D eigenvalue weighted by molar-refractivity contribution is 7.25. The van der Waals surface area contributed by atoms with Gasteiger partial charge in [0.1, 0.15) is 11.2 Å². The number of fused-ring (bicyclic) bond motifs is 6. The summed E-state index contributed by atoms with van der Waals surface area (Å²) in [4.78, 5) is 15.7. The lowest BCUT2D eigenvalue weighted by Crippen LogP contribution is -2.00.